The number of thiophene rings is 1. The number of benzene rings is 2. The van der Waals surface area contributed by atoms with Crippen LogP contribution >= 0.6 is 11.3 Å². The molecule has 1 aromatic heterocycles. The maximum atomic E-state index is 13.7. The highest BCUT2D eigenvalue weighted by atomic mass is 32.2. The van der Waals surface area contributed by atoms with Crippen molar-refractivity contribution in [3.05, 3.63) is 82.3 Å². The lowest BCUT2D eigenvalue weighted by molar-refractivity contribution is 0.103. The molecule has 0 unspecified atom stereocenters. The van der Waals surface area contributed by atoms with E-state index in [9.17, 15) is 17.6 Å². The molecule has 3 rings (SSSR count). The highest BCUT2D eigenvalue weighted by Crippen LogP contribution is 2.24. The molecule has 1 heterocycles. The van der Waals surface area contributed by atoms with Gasteiger partial charge in [-0.2, -0.15) is 4.31 Å². The molecule has 0 bridgehead atoms. The van der Waals surface area contributed by atoms with Crippen LogP contribution in [0.4, 0.5) is 10.1 Å². The minimum absolute atomic E-state index is 0.0321. The topological polar surface area (TPSA) is 66.5 Å². The summed E-state index contributed by atoms with van der Waals surface area (Å²) in [6.45, 7) is 0.218. The number of para-hydroxylation sites is 1. The molecule has 0 atom stereocenters. The molecule has 0 aliphatic rings. The number of amides is 1. The Balaban J connectivity index is 1.75. The summed E-state index contributed by atoms with van der Waals surface area (Å²) in [5, 5.41) is 3.86. The maximum Gasteiger partial charge on any atom is 0.265 e. The zero-order valence-electron chi connectivity index (χ0n) is 14.4. The van der Waals surface area contributed by atoms with E-state index in [1.165, 1.54) is 41.0 Å². The molecule has 0 fully saturated rings. The Morgan fingerprint density at radius 3 is 2.48 bits per heavy atom. The summed E-state index contributed by atoms with van der Waals surface area (Å²) in [6.07, 6.45) is 0. The maximum absolute atomic E-state index is 13.7. The van der Waals surface area contributed by atoms with Gasteiger partial charge in [-0.05, 0) is 23.8 Å². The zero-order chi connectivity index (χ0) is 19.4. The molecule has 0 saturated carbocycles. The highest BCUT2D eigenvalue weighted by molar-refractivity contribution is 7.89. The normalized spacial score (nSPS) is 11.5. The van der Waals surface area contributed by atoms with Crippen molar-refractivity contribution >= 4 is 33.0 Å². The largest absolute Gasteiger partial charge is 0.319 e. The third-order valence-corrected chi connectivity index (χ3v) is 6.74. The Hall–Kier alpha value is -2.55. The second kappa shape index (κ2) is 7.99. The van der Waals surface area contributed by atoms with Crippen molar-refractivity contribution in [1.82, 2.24) is 4.31 Å². The van der Waals surface area contributed by atoms with Gasteiger partial charge in [0.1, 0.15) is 5.82 Å². The average molecular weight is 404 g/mol. The van der Waals surface area contributed by atoms with Gasteiger partial charge in [0.2, 0.25) is 10.0 Å². The van der Waals surface area contributed by atoms with E-state index in [0.29, 0.717) is 0 Å². The first-order valence-electron chi connectivity index (χ1n) is 8.02. The Bertz CT molecular complexity index is 1050. The Morgan fingerprint density at radius 1 is 1.11 bits per heavy atom. The summed E-state index contributed by atoms with van der Waals surface area (Å²) in [7, 11) is -2.26. The molecule has 0 saturated heterocycles. The van der Waals surface area contributed by atoms with Crippen LogP contribution in [0.15, 0.2) is 70.9 Å². The summed E-state index contributed by atoms with van der Waals surface area (Å²) >= 11 is 0.993. The number of carbonyl (C=O) groups excluding carboxylic acids is 1. The molecule has 2 aromatic carbocycles. The molecule has 8 heteroatoms. The lowest BCUT2D eigenvalue weighted by Crippen LogP contribution is -2.26. The van der Waals surface area contributed by atoms with Crippen molar-refractivity contribution in [2.45, 2.75) is 11.4 Å². The third kappa shape index (κ3) is 4.41. The van der Waals surface area contributed by atoms with Crippen LogP contribution < -0.4 is 5.32 Å². The fourth-order valence-electron chi connectivity index (χ4n) is 2.43. The first-order valence-corrected chi connectivity index (χ1v) is 10.3. The number of sulfonamides is 1. The van der Waals surface area contributed by atoms with Gasteiger partial charge >= 0.3 is 0 Å². The Kier molecular flexibility index (Phi) is 5.69. The molecular weight excluding hydrogens is 387 g/mol. The van der Waals surface area contributed by atoms with Crippen LogP contribution in [0.5, 0.6) is 0 Å². The number of hydrogen-bond acceptors (Lipinski definition) is 4. The predicted molar refractivity (Wildman–Crippen MR) is 104 cm³/mol. The van der Waals surface area contributed by atoms with Crippen LogP contribution in [-0.2, 0) is 16.6 Å². The summed E-state index contributed by atoms with van der Waals surface area (Å²) in [6, 6.07) is 16.3. The molecule has 0 spiro atoms. The molecule has 0 radical (unpaired) electrons. The number of anilines is 1. The van der Waals surface area contributed by atoms with E-state index in [1.54, 1.807) is 6.07 Å². The van der Waals surface area contributed by atoms with Crippen LogP contribution in [0, 0.1) is 5.82 Å². The van der Waals surface area contributed by atoms with Crippen molar-refractivity contribution in [3.8, 4) is 0 Å². The molecule has 0 aliphatic carbocycles. The quantitative estimate of drug-likeness (QED) is 0.676. The van der Waals surface area contributed by atoms with E-state index in [4.69, 9.17) is 0 Å². The van der Waals surface area contributed by atoms with Crippen molar-refractivity contribution in [3.63, 3.8) is 0 Å². The van der Waals surface area contributed by atoms with Crippen LogP contribution in [-0.4, -0.2) is 25.7 Å². The van der Waals surface area contributed by atoms with E-state index < -0.39 is 21.7 Å². The van der Waals surface area contributed by atoms with Gasteiger partial charge in [0.25, 0.3) is 5.91 Å². The van der Waals surface area contributed by atoms with Gasteiger partial charge in [-0.25, -0.2) is 12.8 Å². The lowest BCUT2D eigenvalue weighted by atomic mass is 10.2. The number of hydrogen-bond donors (Lipinski definition) is 1. The van der Waals surface area contributed by atoms with Crippen LogP contribution in [0.1, 0.15) is 15.2 Å². The molecular formula is C19H17FN2O3S2. The smallest absolute Gasteiger partial charge is 0.265 e. The van der Waals surface area contributed by atoms with Gasteiger partial charge in [0, 0.05) is 19.0 Å². The van der Waals surface area contributed by atoms with Crippen LogP contribution in [0.3, 0.4) is 0 Å². The van der Waals surface area contributed by atoms with Crippen LogP contribution in [0.25, 0.3) is 0 Å². The first kappa shape index (κ1) is 19.2. The lowest BCUT2D eigenvalue weighted by Gasteiger charge is -2.16. The number of halogens is 1. The fourth-order valence-corrected chi connectivity index (χ4v) is 4.74. The van der Waals surface area contributed by atoms with Crippen molar-refractivity contribution in [2.75, 3.05) is 12.4 Å². The standard InChI is InChI=1S/C19H17FN2O3S2/c1-22(12-14-7-3-2-4-8-14)27(24,25)15-11-18(26-13-15)19(23)21-17-10-6-5-9-16(17)20/h2-11,13H,12H2,1H3,(H,21,23). The fraction of sp³-hybridized carbons (Fsp3) is 0.105. The molecule has 27 heavy (non-hydrogen) atoms. The number of rotatable bonds is 6. The van der Waals surface area contributed by atoms with Gasteiger partial charge in [-0.3, -0.25) is 4.79 Å². The second-order valence-corrected chi connectivity index (χ2v) is 8.78. The molecule has 5 nitrogen and oxygen atoms in total. The van der Waals surface area contributed by atoms with Gasteiger partial charge in [0.05, 0.1) is 15.5 Å². The molecule has 1 N–H and O–H groups in total. The highest BCUT2D eigenvalue weighted by Gasteiger charge is 2.24. The van der Waals surface area contributed by atoms with E-state index in [2.05, 4.69) is 5.32 Å². The SMILES string of the molecule is CN(Cc1ccccc1)S(=O)(=O)c1csc(C(=O)Nc2ccccc2F)c1. The van der Waals surface area contributed by atoms with Gasteiger partial charge in [-0.1, -0.05) is 42.5 Å². The first-order chi connectivity index (χ1) is 12.9. The predicted octanol–water partition coefficient (Wildman–Crippen LogP) is 3.96. The van der Waals surface area contributed by atoms with Gasteiger partial charge < -0.3 is 5.32 Å². The molecule has 3 aromatic rings. The summed E-state index contributed by atoms with van der Waals surface area (Å²) < 4.78 is 40.3. The molecule has 140 valence electrons. The number of nitrogens with zero attached hydrogens (tertiary/aromatic N) is 1. The van der Waals surface area contributed by atoms with E-state index in [0.717, 1.165) is 16.9 Å². The number of carbonyl (C=O) groups is 1. The van der Waals surface area contributed by atoms with Crippen molar-refractivity contribution < 1.29 is 17.6 Å². The van der Waals surface area contributed by atoms with E-state index in [-0.39, 0.29) is 22.0 Å². The third-order valence-electron chi connectivity index (χ3n) is 3.88. The van der Waals surface area contributed by atoms with E-state index in [1.807, 2.05) is 30.3 Å². The average Bonchev–Trinajstić information content (AvgIpc) is 3.15. The van der Waals surface area contributed by atoms with Crippen molar-refractivity contribution in [2.24, 2.45) is 0 Å². The minimum Gasteiger partial charge on any atom is -0.319 e. The van der Waals surface area contributed by atoms with Crippen molar-refractivity contribution in [1.29, 1.82) is 0 Å². The Morgan fingerprint density at radius 2 is 1.78 bits per heavy atom. The Labute approximate surface area is 161 Å². The number of nitrogens with one attached hydrogen (secondary N) is 1. The van der Waals surface area contributed by atoms with Gasteiger partial charge in [0.15, 0.2) is 0 Å². The second-order valence-electron chi connectivity index (χ2n) is 5.83. The summed E-state index contributed by atoms with van der Waals surface area (Å²) in [5.41, 5.74) is 0.901. The monoisotopic (exact) mass is 404 g/mol. The summed E-state index contributed by atoms with van der Waals surface area (Å²) in [5.74, 6) is -1.12. The summed E-state index contributed by atoms with van der Waals surface area (Å²) in [4.78, 5) is 12.5. The van der Waals surface area contributed by atoms with E-state index >= 15 is 0 Å². The molecule has 0 aliphatic heterocycles. The zero-order valence-corrected chi connectivity index (χ0v) is 16.1. The van der Waals surface area contributed by atoms with Crippen LogP contribution in [0.2, 0.25) is 0 Å². The molecule has 1 amide bonds. The van der Waals surface area contributed by atoms with Gasteiger partial charge in [-0.15, -0.1) is 11.3 Å². The minimum atomic E-state index is -3.74.